The Kier molecular flexibility index (Phi) is 3.04. The normalized spacial score (nSPS) is 10.4. The second-order valence-corrected chi connectivity index (χ2v) is 3.82. The smallest absolute Gasteiger partial charge is 0.0473 e. The zero-order valence-corrected chi connectivity index (χ0v) is 9.44. The van der Waals surface area contributed by atoms with E-state index in [4.69, 9.17) is 0 Å². The molecule has 1 aromatic carbocycles. The molecule has 0 N–H and O–H groups in total. The molecule has 0 radical (unpaired) electrons. The van der Waals surface area contributed by atoms with Crippen LogP contribution in [0, 0.1) is 0 Å². The van der Waals surface area contributed by atoms with E-state index in [0.717, 1.165) is 11.9 Å². The number of rotatable bonds is 3. The standard InChI is InChI=1S/C12H12BrN/c13-9-11-5-1-2-6-12(11)10-14-7-3-4-8-14/h1-8H,9-10H2. The summed E-state index contributed by atoms with van der Waals surface area (Å²) in [6.07, 6.45) is 4.18. The fourth-order valence-electron chi connectivity index (χ4n) is 1.51. The van der Waals surface area contributed by atoms with Crippen molar-refractivity contribution in [1.82, 2.24) is 4.57 Å². The Balaban J connectivity index is 2.24. The van der Waals surface area contributed by atoms with Gasteiger partial charge in [0, 0.05) is 24.3 Å². The Morgan fingerprint density at radius 2 is 1.57 bits per heavy atom. The van der Waals surface area contributed by atoms with Crippen LogP contribution in [0.4, 0.5) is 0 Å². The minimum Gasteiger partial charge on any atom is -0.350 e. The summed E-state index contributed by atoms with van der Waals surface area (Å²) in [6, 6.07) is 12.6. The predicted molar refractivity (Wildman–Crippen MR) is 62.6 cm³/mol. The second-order valence-electron chi connectivity index (χ2n) is 3.26. The predicted octanol–water partition coefficient (Wildman–Crippen LogP) is 3.43. The summed E-state index contributed by atoms with van der Waals surface area (Å²) in [5.41, 5.74) is 2.74. The fraction of sp³-hybridized carbons (Fsp3) is 0.167. The van der Waals surface area contributed by atoms with Crippen molar-refractivity contribution in [2.45, 2.75) is 11.9 Å². The molecule has 1 heterocycles. The third-order valence-corrected chi connectivity index (χ3v) is 2.89. The average Bonchev–Trinajstić information content (AvgIpc) is 2.71. The Morgan fingerprint density at radius 3 is 2.21 bits per heavy atom. The summed E-state index contributed by atoms with van der Waals surface area (Å²) < 4.78 is 2.18. The molecule has 1 nitrogen and oxygen atoms in total. The SMILES string of the molecule is BrCc1ccccc1Cn1cccc1. The molecule has 72 valence electrons. The minimum atomic E-state index is 0.921. The first kappa shape index (κ1) is 9.53. The van der Waals surface area contributed by atoms with E-state index in [1.807, 2.05) is 0 Å². The van der Waals surface area contributed by atoms with Crippen LogP contribution < -0.4 is 0 Å². The van der Waals surface area contributed by atoms with Crippen molar-refractivity contribution in [1.29, 1.82) is 0 Å². The summed E-state index contributed by atoms with van der Waals surface area (Å²) in [5.74, 6) is 0. The van der Waals surface area contributed by atoms with Crippen LogP contribution in [-0.4, -0.2) is 4.57 Å². The first-order chi connectivity index (χ1) is 6.90. The van der Waals surface area contributed by atoms with E-state index in [2.05, 4.69) is 69.3 Å². The van der Waals surface area contributed by atoms with Gasteiger partial charge >= 0.3 is 0 Å². The van der Waals surface area contributed by atoms with Gasteiger partial charge in [-0.05, 0) is 23.3 Å². The highest BCUT2D eigenvalue weighted by Gasteiger charge is 1.99. The van der Waals surface area contributed by atoms with Crippen LogP contribution >= 0.6 is 15.9 Å². The molecular weight excluding hydrogens is 238 g/mol. The summed E-state index contributed by atoms with van der Waals surface area (Å²) >= 11 is 3.50. The van der Waals surface area contributed by atoms with Crippen molar-refractivity contribution < 1.29 is 0 Å². The maximum atomic E-state index is 3.50. The highest BCUT2D eigenvalue weighted by atomic mass is 79.9. The molecule has 0 atom stereocenters. The van der Waals surface area contributed by atoms with Gasteiger partial charge in [-0.1, -0.05) is 40.2 Å². The maximum Gasteiger partial charge on any atom is 0.0473 e. The van der Waals surface area contributed by atoms with E-state index in [1.165, 1.54) is 11.1 Å². The van der Waals surface area contributed by atoms with Crippen molar-refractivity contribution in [3.05, 3.63) is 59.9 Å². The third kappa shape index (κ3) is 2.07. The molecule has 0 bridgehead atoms. The Hall–Kier alpha value is -1.02. The summed E-state index contributed by atoms with van der Waals surface area (Å²) in [6.45, 7) is 0.953. The van der Waals surface area contributed by atoms with E-state index >= 15 is 0 Å². The molecule has 0 aliphatic rings. The molecule has 14 heavy (non-hydrogen) atoms. The molecule has 0 saturated heterocycles. The van der Waals surface area contributed by atoms with Gasteiger partial charge in [0.1, 0.15) is 0 Å². The van der Waals surface area contributed by atoms with Crippen LogP contribution in [0.15, 0.2) is 48.8 Å². The molecule has 0 spiro atoms. The van der Waals surface area contributed by atoms with Crippen LogP contribution in [0.2, 0.25) is 0 Å². The van der Waals surface area contributed by atoms with Gasteiger partial charge in [0.25, 0.3) is 0 Å². The van der Waals surface area contributed by atoms with E-state index in [0.29, 0.717) is 0 Å². The lowest BCUT2D eigenvalue weighted by Crippen LogP contribution is -1.99. The van der Waals surface area contributed by atoms with Crippen LogP contribution in [-0.2, 0) is 11.9 Å². The van der Waals surface area contributed by atoms with Gasteiger partial charge in [-0.15, -0.1) is 0 Å². The highest BCUT2D eigenvalue weighted by molar-refractivity contribution is 9.08. The third-order valence-electron chi connectivity index (χ3n) is 2.28. The van der Waals surface area contributed by atoms with Gasteiger partial charge in [-0.2, -0.15) is 0 Å². The molecule has 0 unspecified atom stereocenters. The molecule has 0 fully saturated rings. The van der Waals surface area contributed by atoms with E-state index in [9.17, 15) is 0 Å². The summed E-state index contributed by atoms with van der Waals surface area (Å²) in [5, 5.41) is 0.921. The van der Waals surface area contributed by atoms with Crippen LogP contribution in [0.1, 0.15) is 11.1 Å². The van der Waals surface area contributed by atoms with E-state index < -0.39 is 0 Å². The van der Waals surface area contributed by atoms with E-state index in [-0.39, 0.29) is 0 Å². The minimum absolute atomic E-state index is 0.921. The summed E-state index contributed by atoms with van der Waals surface area (Å²) in [4.78, 5) is 0. The number of benzene rings is 1. The first-order valence-corrected chi connectivity index (χ1v) is 5.76. The Labute approximate surface area is 92.5 Å². The fourth-order valence-corrected chi connectivity index (χ4v) is 2.06. The highest BCUT2D eigenvalue weighted by Crippen LogP contribution is 2.13. The topological polar surface area (TPSA) is 4.93 Å². The van der Waals surface area contributed by atoms with Gasteiger partial charge < -0.3 is 4.57 Å². The molecule has 2 aromatic rings. The van der Waals surface area contributed by atoms with Crippen molar-refractivity contribution in [2.24, 2.45) is 0 Å². The van der Waals surface area contributed by atoms with Crippen molar-refractivity contribution in [3.8, 4) is 0 Å². The number of alkyl halides is 1. The number of hydrogen-bond donors (Lipinski definition) is 0. The molecular formula is C12H12BrN. The first-order valence-electron chi connectivity index (χ1n) is 4.63. The lowest BCUT2D eigenvalue weighted by Gasteiger charge is -2.07. The molecule has 0 aliphatic carbocycles. The van der Waals surface area contributed by atoms with Gasteiger partial charge in [0.2, 0.25) is 0 Å². The number of aromatic nitrogens is 1. The monoisotopic (exact) mass is 249 g/mol. The summed E-state index contributed by atoms with van der Waals surface area (Å²) in [7, 11) is 0. The second kappa shape index (κ2) is 4.47. The molecule has 0 amide bonds. The van der Waals surface area contributed by atoms with Crippen LogP contribution in [0.5, 0.6) is 0 Å². The van der Waals surface area contributed by atoms with Gasteiger partial charge in [-0.3, -0.25) is 0 Å². The zero-order chi connectivity index (χ0) is 9.80. The largest absolute Gasteiger partial charge is 0.350 e. The van der Waals surface area contributed by atoms with Crippen LogP contribution in [0.25, 0.3) is 0 Å². The molecule has 1 aromatic heterocycles. The quantitative estimate of drug-likeness (QED) is 0.735. The van der Waals surface area contributed by atoms with Crippen molar-refractivity contribution >= 4 is 15.9 Å². The lowest BCUT2D eigenvalue weighted by molar-refractivity contribution is 0.800. The van der Waals surface area contributed by atoms with Crippen molar-refractivity contribution in [2.75, 3.05) is 0 Å². The molecule has 2 rings (SSSR count). The average molecular weight is 250 g/mol. The van der Waals surface area contributed by atoms with Gasteiger partial charge in [0.15, 0.2) is 0 Å². The lowest BCUT2D eigenvalue weighted by atomic mass is 10.1. The molecule has 0 saturated carbocycles. The van der Waals surface area contributed by atoms with Gasteiger partial charge in [-0.25, -0.2) is 0 Å². The number of halogens is 1. The Bertz CT molecular complexity index is 392. The Morgan fingerprint density at radius 1 is 0.929 bits per heavy atom. The number of hydrogen-bond acceptors (Lipinski definition) is 0. The van der Waals surface area contributed by atoms with Gasteiger partial charge in [0.05, 0.1) is 0 Å². The maximum absolute atomic E-state index is 3.50. The molecule has 0 aliphatic heterocycles. The molecule has 2 heteroatoms. The number of nitrogens with zero attached hydrogens (tertiary/aromatic N) is 1. The van der Waals surface area contributed by atoms with Crippen molar-refractivity contribution in [3.63, 3.8) is 0 Å². The van der Waals surface area contributed by atoms with E-state index in [1.54, 1.807) is 0 Å². The zero-order valence-electron chi connectivity index (χ0n) is 7.86. The van der Waals surface area contributed by atoms with Crippen LogP contribution in [0.3, 0.4) is 0 Å².